The number of carbonyl (C=O) groups excluding carboxylic acids is 1. The second-order valence-electron chi connectivity index (χ2n) is 4.24. The number of nitrogens with two attached hydrogens (primary N) is 1. The third-order valence-corrected chi connectivity index (χ3v) is 4.42. The Morgan fingerprint density at radius 1 is 1.20 bits per heavy atom. The van der Waals surface area contributed by atoms with Gasteiger partial charge in [0.15, 0.2) is 0 Å². The van der Waals surface area contributed by atoms with E-state index >= 15 is 0 Å². The number of para-hydroxylation sites is 1. The molecule has 3 nitrogen and oxygen atoms in total. The lowest BCUT2D eigenvalue weighted by molar-refractivity contribution is -0.115. The molecule has 0 unspecified atom stereocenters. The number of benzene rings is 2. The van der Waals surface area contributed by atoms with E-state index in [1.807, 2.05) is 30.3 Å². The van der Waals surface area contributed by atoms with Gasteiger partial charge in [-0.25, -0.2) is 0 Å². The normalized spacial score (nSPS) is 10.3. The highest BCUT2D eigenvalue weighted by Gasteiger charge is 2.13. The predicted molar refractivity (Wildman–Crippen MR) is 86.4 cm³/mol. The van der Waals surface area contributed by atoms with Crippen LogP contribution >= 0.6 is 23.4 Å². The Labute approximate surface area is 127 Å². The van der Waals surface area contributed by atoms with Crippen molar-refractivity contribution >= 4 is 40.6 Å². The number of rotatable bonds is 4. The summed E-state index contributed by atoms with van der Waals surface area (Å²) >= 11 is 7.44. The van der Waals surface area contributed by atoms with Crippen molar-refractivity contribution in [2.24, 2.45) is 0 Å². The van der Waals surface area contributed by atoms with Crippen LogP contribution in [-0.4, -0.2) is 18.7 Å². The molecule has 0 bridgehead atoms. The highest BCUT2D eigenvalue weighted by atomic mass is 35.5. The van der Waals surface area contributed by atoms with E-state index in [2.05, 4.69) is 0 Å². The van der Waals surface area contributed by atoms with E-state index in [9.17, 15) is 4.79 Å². The van der Waals surface area contributed by atoms with Crippen molar-refractivity contribution in [3.8, 4) is 0 Å². The van der Waals surface area contributed by atoms with Crippen molar-refractivity contribution in [3.05, 3.63) is 53.6 Å². The number of halogens is 1. The first-order valence-corrected chi connectivity index (χ1v) is 7.44. The molecule has 2 N–H and O–H groups in total. The van der Waals surface area contributed by atoms with Crippen LogP contribution in [0.1, 0.15) is 0 Å². The zero-order valence-electron chi connectivity index (χ0n) is 11.0. The Bertz CT molecular complexity index is 584. The van der Waals surface area contributed by atoms with Gasteiger partial charge in [-0.2, -0.15) is 0 Å². The van der Waals surface area contributed by atoms with Crippen LogP contribution in [-0.2, 0) is 4.79 Å². The third kappa shape index (κ3) is 3.46. The highest BCUT2D eigenvalue weighted by Crippen LogP contribution is 2.32. The summed E-state index contributed by atoms with van der Waals surface area (Å²) in [6.45, 7) is 0. The summed E-state index contributed by atoms with van der Waals surface area (Å²) in [5.41, 5.74) is 7.33. The molecule has 0 aliphatic heterocycles. The number of hydrogen-bond acceptors (Lipinski definition) is 3. The van der Waals surface area contributed by atoms with E-state index in [1.165, 1.54) is 11.8 Å². The van der Waals surface area contributed by atoms with Gasteiger partial charge in [-0.3, -0.25) is 4.79 Å². The average molecular weight is 307 g/mol. The van der Waals surface area contributed by atoms with Gasteiger partial charge in [-0.1, -0.05) is 35.9 Å². The van der Waals surface area contributed by atoms with Crippen molar-refractivity contribution in [3.63, 3.8) is 0 Å². The van der Waals surface area contributed by atoms with Gasteiger partial charge in [-0.15, -0.1) is 11.8 Å². The number of thioether (sulfide) groups is 1. The molecule has 20 heavy (non-hydrogen) atoms. The molecule has 0 aromatic heterocycles. The molecule has 0 saturated heterocycles. The van der Waals surface area contributed by atoms with E-state index < -0.39 is 0 Å². The molecule has 0 atom stereocenters. The second-order valence-corrected chi connectivity index (χ2v) is 5.63. The minimum atomic E-state index is 0.000481. The summed E-state index contributed by atoms with van der Waals surface area (Å²) in [5.74, 6) is 0.291. The SMILES string of the molecule is CN(C(=O)CSc1c(N)cccc1Cl)c1ccccc1. The standard InChI is InChI=1S/C15H15ClN2OS/c1-18(11-6-3-2-4-7-11)14(19)10-20-15-12(16)8-5-9-13(15)17/h2-9H,10,17H2,1H3. The maximum absolute atomic E-state index is 12.2. The van der Waals surface area contributed by atoms with Crippen molar-refractivity contribution in [2.45, 2.75) is 4.90 Å². The van der Waals surface area contributed by atoms with Crippen LogP contribution < -0.4 is 10.6 Å². The molecule has 2 rings (SSSR count). The molecule has 0 spiro atoms. The molecule has 2 aromatic rings. The van der Waals surface area contributed by atoms with Crippen LogP contribution in [0.2, 0.25) is 5.02 Å². The maximum Gasteiger partial charge on any atom is 0.237 e. The number of carbonyl (C=O) groups is 1. The number of nitrogens with zero attached hydrogens (tertiary/aromatic N) is 1. The van der Waals surface area contributed by atoms with Gasteiger partial charge in [0, 0.05) is 23.3 Å². The first-order chi connectivity index (χ1) is 9.59. The maximum atomic E-state index is 12.2. The Kier molecular flexibility index (Phi) is 4.93. The third-order valence-electron chi connectivity index (χ3n) is 2.86. The quantitative estimate of drug-likeness (QED) is 0.692. The lowest BCUT2D eigenvalue weighted by atomic mass is 10.3. The van der Waals surface area contributed by atoms with E-state index in [1.54, 1.807) is 30.1 Å². The van der Waals surface area contributed by atoms with E-state index in [-0.39, 0.29) is 5.91 Å². The summed E-state index contributed by atoms with van der Waals surface area (Å²) < 4.78 is 0. The molecule has 0 aliphatic rings. The smallest absolute Gasteiger partial charge is 0.237 e. The fourth-order valence-corrected chi connectivity index (χ4v) is 2.95. The zero-order valence-corrected chi connectivity index (χ0v) is 12.6. The summed E-state index contributed by atoms with van der Waals surface area (Å²) in [5, 5.41) is 0.574. The van der Waals surface area contributed by atoms with E-state index in [0.717, 1.165) is 10.6 Å². The van der Waals surface area contributed by atoms with Crippen molar-refractivity contribution in [2.75, 3.05) is 23.4 Å². The lowest BCUT2D eigenvalue weighted by Crippen LogP contribution is -2.27. The van der Waals surface area contributed by atoms with Crippen molar-refractivity contribution in [1.82, 2.24) is 0 Å². The Balaban J connectivity index is 2.02. The molecular weight excluding hydrogens is 292 g/mol. The molecule has 0 radical (unpaired) electrons. The number of hydrogen-bond donors (Lipinski definition) is 1. The van der Waals surface area contributed by atoms with Crippen LogP contribution in [0.3, 0.4) is 0 Å². The Morgan fingerprint density at radius 2 is 1.90 bits per heavy atom. The summed E-state index contributed by atoms with van der Waals surface area (Å²) in [6.07, 6.45) is 0. The van der Waals surface area contributed by atoms with Gasteiger partial charge < -0.3 is 10.6 Å². The van der Waals surface area contributed by atoms with Gasteiger partial charge in [0.25, 0.3) is 0 Å². The van der Waals surface area contributed by atoms with Crippen molar-refractivity contribution < 1.29 is 4.79 Å². The van der Waals surface area contributed by atoms with Crippen LogP contribution in [0.5, 0.6) is 0 Å². The number of nitrogen functional groups attached to an aromatic ring is 1. The van der Waals surface area contributed by atoms with Gasteiger partial charge >= 0.3 is 0 Å². The van der Waals surface area contributed by atoms with Crippen LogP contribution in [0.4, 0.5) is 11.4 Å². The summed E-state index contributed by atoms with van der Waals surface area (Å²) in [4.78, 5) is 14.5. The zero-order chi connectivity index (χ0) is 14.5. The largest absolute Gasteiger partial charge is 0.398 e. The molecule has 5 heteroatoms. The van der Waals surface area contributed by atoms with E-state index in [4.69, 9.17) is 17.3 Å². The number of anilines is 2. The highest BCUT2D eigenvalue weighted by molar-refractivity contribution is 8.00. The van der Waals surface area contributed by atoms with Gasteiger partial charge in [0.05, 0.1) is 10.8 Å². The average Bonchev–Trinajstić information content (AvgIpc) is 2.46. The van der Waals surface area contributed by atoms with Gasteiger partial charge in [0.2, 0.25) is 5.91 Å². The summed E-state index contributed by atoms with van der Waals surface area (Å²) in [7, 11) is 1.76. The first-order valence-electron chi connectivity index (χ1n) is 6.08. The van der Waals surface area contributed by atoms with Crippen LogP contribution in [0, 0.1) is 0 Å². The lowest BCUT2D eigenvalue weighted by Gasteiger charge is -2.17. The number of amides is 1. The molecular formula is C15H15ClN2OS. The fraction of sp³-hybridized carbons (Fsp3) is 0.133. The van der Waals surface area contributed by atoms with Gasteiger partial charge in [0.1, 0.15) is 0 Å². The Morgan fingerprint density at radius 3 is 2.55 bits per heavy atom. The molecule has 0 aliphatic carbocycles. The molecule has 104 valence electrons. The van der Waals surface area contributed by atoms with Crippen molar-refractivity contribution in [1.29, 1.82) is 0 Å². The minimum absolute atomic E-state index is 0.000481. The van der Waals surface area contributed by atoms with Crippen LogP contribution in [0.15, 0.2) is 53.4 Å². The molecule has 1 amide bonds. The fourth-order valence-electron chi connectivity index (χ4n) is 1.70. The second kappa shape index (κ2) is 6.68. The Hall–Kier alpha value is -1.65. The minimum Gasteiger partial charge on any atom is -0.398 e. The monoisotopic (exact) mass is 306 g/mol. The van der Waals surface area contributed by atoms with E-state index in [0.29, 0.717) is 16.5 Å². The topological polar surface area (TPSA) is 46.3 Å². The summed E-state index contributed by atoms with van der Waals surface area (Å²) in [6, 6.07) is 14.8. The van der Waals surface area contributed by atoms with Crippen LogP contribution in [0.25, 0.3) is 0 Å². The predicted octanol–water partition coefficient (Wildman–Crippen LogP) is 3.68. The molecule has 2 aromatic carbocycles. The molecule has 0 fully saturated rings. The van der Waals surface area contributed by atoms with Gasteiger partial charge in [-0.05, 0) is 24.3 Å². The first kappa shape index (κ1) is 14.8. The molecule has 0 saturated carbocycles. The molecule has 0 heterocycles.